The zero-order valence-electron chi connectivity index (χ0n) is 7.22. The van der Waals surface area contributed by atoms with Gasteiger partial charge < -0.3 is 10.3 Å². The number of hydrogen-bond acceptors (Lipinski definition) is 2. The van der Waals surface area contributed by atoms with Crippen LogP contribution in [-0.2, 0) is 11.2 Å². The van der Waals surface area contributed by atoms with Crippen molar-refractivity contribution in [2.24, 2.45) is 0 Å². The minimum absolute atomic E-state index is 0.0200. The molecule has 12 heavy (non-hydrogen) atoms. The van der Waals surface area contributed by atoms with E-state index in [4.69, 9.17) is 0 Å². The molecule has 0 saturated carbocycles. The molecule has 1 aromatic heterocycles. The van der Waals surface area contributed by atoms with Crippen molar-refractivity contribution in [1.29, 1.82) is 0 Å². The molecule has 0 atom stereocenters. The van der Waals surface area contributed by atoms with Crippen LogP contribution in [0.3, 0.4) is 0 Å². The van der Waals surface area contributed by atoms with Crippen molar-refractivity contribution >= 4 is 5.91 Å². The Morgan fingerprint density at radius 3 is 3.08 bits per heavy atom. The smallest absolute Gasteiger partial charge is 0.227 e. The fourth-order valence-corrected chi connectivity index (χ4v) is 0.874. The summed E-state index contributed by atoms with van der Waals surface area (Å²) in [6.45, 7) is 3.85. The van der Waals surface area contributed by atoms with Crippen LogP contribution in [0.1, 0.15) is 19.7 Å². The van der Waals surface area contributed by atoms with E-state index in [0.29, 0.717) is 12.2 Å². The van der Waals surface area contributed by atoms with Gasteiger partial charge in [0.15, 0.2) is 0 Å². The zero-order chi connectivity index (χ0) is 8.97. The molecule has 65 valence electrons. The first-order chi connectivity index (χ1) is 5.68. The third kappa shape index (κ3) is 2.74. The van der Waals surface area contributed by atoms with Gasteiger partial charge >= 0.3 is 0 Å². The average molecular weight is 166 g/mol. The van der Waals surface area contributed by atoms with E-state index in [1.807, 2.05) is 13.8 Å². The molecule has 0 aliphatic carbocycles. The molecule has 0 spiro atoms. The molecule has 1 heterocycles. The molecule has 2 N–H and O–H groups in total. The van der Waals surface area contributed by atoms with Crippen LogP contribution in [0, 0.1) is 6.20 Å². The number of carbonyl (C=O) groups excluding carboxylic acids is 1. The van der Waals surface area contributed by atoms with Crippen molar-refractivity contribution in [3.05, 3.63) is 18.2 Å². The van der Waals surface area contributed by atoms with Gasteiger partial charge in [-0.2, -0.15) is 0 Å². The van der Waals surface area contributed by atoms with Gasteiger partial charge in [-0.05, 0) is 13.8 Å². The number of nitrogens with one attached hydrogen (secondary N) is 2. The van der Waals surface area contributed by atoms with Crippen molar-refractivity contribution < 1.29 is 4.79 Å². The van der Waals surface area contributed by atoms with Crippen molar-refractivity contribution in [2.45, 2.75) is 26.3 Å². The third-order valence-electron chi connectivity index (χ3n) is 1.28. The molecule has 0 aliphatic rings. The number of imidazole rings is 1. The summed E-state index contributed by atoms with van der Waals surface area (Å²) in [5.41, 5.74) is 0. The van der Waals surface area contributed by atoms with E-state index in [1.54, 1.807) is 6.20 Å². The largest absolute Gasteiger partial charge is 0.354 e. The molecule has 0 fully saturated rings. The number of carbonyl (C=O) groups is 1. The molecule has 4 nitrogen and oxygen atoms in total. The highest BCUT2D eigenvalue weighted by Crippen LogP contribution is 1.89. The van der Waals surface area contributed by atoms with Crippen LogP contribution in [0.25, 0.3) is 0 Å². The summed E-state index contributed by atoms with van der Waals surface area (Å²) in [7, 11) is 0. The van der Waals surface area contributed by atoms with Gasteiger partial charge in [-0.1, -0.05) is 0 Å². The number of rotatable bonds is 3. The van der Waals surface area contributed by atoms with E-state index in [1.165, 1.54) is 0 Å². The second kappa shape index (κ2) is 3.90. The highest BCUT2D eigenvalue weighted by atomic mass is 16.1. The number of H-pyrrole nitrogens is 1. The second-order valence-electron chi connectivity index (χ2n) is 2.88. The lowest BCUT2D eigenvalue weighted by Gasteiger charge is -2.06. The molecule has 0 bridgehead atoms. The van der Waals surface area contributed by atoms with Crippen LogP contribution in [0.4, 0.5) is 0 Å². The van der Waals surface area contributed by atoms with Crippen LogP contribution in [0.15, 0.2) is 6.20 Å². The number of nitrogens with zero attached hydrogens (tertiary/aromatic N) is 1. The molecule has 0 aromatic carbocycles. The maximum atomic E-state index is 11.1. The first kappa shape index (κ1) is 8.77. The maximum absolute atomic E-state index is 11.1. The SMILES string of the molecule is CC(C)NC(=O)Cc1n[c]c[nH]1. The quantitative estimate of drug-likeness (QED) is 0.677. The van der Waals surface area contributed by atoms with Gasteiger partial charge in [-0.15, -0.1) is 0 Å². The molecule has 0 saturated heterocycles. The van der Waals surface area contributed by atoms with Crippen molar-refractivity contribution in [2.75, 3.05) is 0 Å². The summed E-state index contributed by atoms with van der Waals surface area (Å²) in [5.74, 6) is 0.626. The topological polar surface area (TPSA) is 57.8 Å². The Labute approximate surface area is 71.4 Å². The molecular weight excluding hydrogens is 154 g/mol. The van der Waals surface area contributed by atoms with Gasteiger partial charge in [0.25, 0.3) is 0 Å². The standard InChI is InChI=1S/C8H12N3O/c1-6(2)11-8(12)5-7-9-3-4-10-7/h3,6H,5H2,1-2H3,(H,9,10)(H,11,12). The van der Waals surface area contributed by atoms with Gasteiger partial charge in [-0.25, -0.2) is 4.98 Å². The molecule has 1 amide bonds. The first-order valence-electron chi connectivity index (χ1n) is 3.88. The van der Waals surface area contributed by atoms with E-state index in [9.17, 15) is 4.79 Å². The summed E-state index contributed by atoms with van der Waals surface area (Å²) >= 11 is 0. The van der Waals surface area contributed by atoms with Crippen LogP contribution < -0.4 is 5.32 Å². The van der Waals surface area contributed by atoms with Crippen molar-refractivity contribution in [1.82, 2.24) is 15.3 Å². The van der Waals surface area contributed by atoms with Crippen LogP contribution in [0.5, 0.6) is 0 Å². The Bertz CT molecular complexity index is 241. The van der Waals surface area contributed by atoms with Crippen LogP contribution >= 0.6 is 0 Å². The predicted octanol–water partition coefficient (Wildman–Crippen LogP) is 0.277. The fourth-order valence-electron chi connectivity index (χ4n) is 0.874. The minimum Gasteiger partial charge on any atom is -0.354 e. The highest BCUT2D eigenvalue weighted by molar-refractivity contribution is 5.77. The molecular formula is C8H12N3O. The first-order valence-corrected chi connectivity index (χ1v) is 3.88. The summed E-state index contributed by atoms with van der Waals surface area (Å²) < 4.78 is 0. The molecule has 0 aliphatic heterocycles. The maximum Gasteiger partial charge on any atom is 0.227 e. The summed E-state index contributed by atoms with van der Waals surface area (Å²) in [5, 5.41) is 2.77. The minimum atomic E-state index is -0.0200. The van der Waals surface area contributed by atoms with E-state index in [2.05, 4.69) is 21.5 Å². The van der Waals surface area contributed by atoms with Gasteiger partial charge in [0.2, 0.25) is 5.91 Å². The summed E-state index contributed by atoms with van der Waals surface area (Å²) in [6.07, 6.45) is 4.48. The van der Waals surface area contributed by atoms with Crippen molar-refractivity contribution in [3.8, 4) is 0 Å². The predicted molar refractivity (Wildman–Crippen MR) is 44.4 cm³/mol. The molecule has 4 heteroatoms. The van der Waals surface area contributed by atoms with E-state index < -0.39 is 0 Å². The van der Waals surface area contributed by atoms with Gasteiger partial charge in [-0.3, -0.25) is 4.79 Å². The highest BCUT2D eigenvalue weighted by Gasteiger charge is 2.05. The zero-order valence-corrected chi connectivity index (χ0v) is 7.22. The van der Waals surface area contributed by atoms with E-state index in [-0.39, 0.29) is 11.9 Å². The number of aromatic amines is 1. The Balaban J connectivity index is 2.37. The Hall–Kier alpha value is -1.32. The summed E-state index contributed by atoms with van der Waals surface area (Å²) in [4.78, 5) is 17.8. The van der Waals surface area contributed by atoms with Crippen LogP contribution in [-0.4, -0.2) is 21.9 Å². The summed E-state index contributed by atoms with van der Waals surface area (Å²) in [6, 6.07) is 0.177. The molecule has 1 radical (unpaired) electrons. The van der Waals surface area contributed by atoms with E-state index in [0.717, 1.165) is 0 Å². The number of aromatic nitrogens is 2. The second-order valence-corrected chi connectivity index (χ2v) is 2.88. The Kier molecular flexibility index (Phi) is 2.85. The Morgan fingerprint density at radius 2 is 2.58 bits per heavy atom. The van der Waals surface area contributed by atoms with Gasteiger partial charge in [0.05, 0.1) is 6.42 Å². The lowest BCUT2D eigenvalue weighted by molar-refractivity contribution is -0.121. The normalized spacial score (nSPS) is 10.2. The fraction of sp³-hybridized carbons (Fsp3) is 0.500. The number of hydrogen-bond donors (Lipinski definition) is 2. The lowest BCUT2D eigenvalue weighted by atomic mass is 10.3. The molecule has 0 unspecified atom stereocenters. The average Bonchev–Trinajstić information content (AvgIpc) is 2.37. The monoisotopic (exact) mass is 166 g/mol. The van der Waals surface area contributed by atoms with Crippen molar-refractivity contribution in [3.63, 3.8) is 0 Å². The lowest BCUT2D eigenvalue weighted by Crippen LogP contribution is -2.31. The molecule has 1 rings (SSSR count). The van der Waals surface area contributed by atoms with Gasteiger partial charge in [0.1, 0.15) is 12.0 Å². The van der Waals surface area contributed by atoms with Crippen LogP contribution in [0.2, 0.25) is 0 Å². The van der Waals surface area contributed by atoms with Gasteiger partial charge in [0, 0.05) is 12.2 Å². The third-order valence-corrected chi connectivity index (χ3v) is 1.28. The van der Waals surface area contributed by atoms with E-state index >= 15 is 0 Å². The number of amides is 1. The molecule has 1 aromatic rings. The Morgan fingerprint density at radius 1 is 1.83 bits per heavy atom.